The monoisotopic (exact) mass is 366 g/mol. The van der Waals surface area contributed by atoms with Gasteiger partial charge in [0.25, 0.3) is 10.0 Å². The predicted molar refractivity (Wildman–Crippen MR) is 91.7 cm³/mol. The van der Waals surface area contributed by atoms with Crippen molar-refractivity contribution in [2.24, 2.45) is 0 Å². The van der Waals surface area contributed by atoms with Gasteiger partial charge in [0.05, 0.1) is 0 Å². The summed E-state index contributed by atoms with van der Waals surface area (Å²) in [6.45, 7) is 3.24. The molecule has 0 amide bonds. The zero-order valence-corrected chi connectivity index (χ0v) is 14.6. The number of nitrogens with zero attached hydrogens (tertiary/aromatic N) is 2. The molecule has 126 valence electrons. The van der Waals surface area contributed by atoms with E-state index in [1.54, 1.807) is 38.1 Å². The number of pyridine rings is 1. The zero-order valence-electron chi connectivity index (χ0n) is 13.0. The molecule has 2 aromatic heterocycles. The Bertz CT molecular complexity index is 1020. The first-order valence-electron chi connectivity index (χ1n) is 7.18. The fourth-order valence-electron chi connectivity index (χ4n) is 2.79. The first-order valence-corrected chi connectivity index (χ1v) is 8.99. The number of carboxylic acids is 1. The third-order valence-corrected chi connectivity index (χ3v) is 7.17. The Hall–Kier alpha value is -2.12. The number of aromatic carboxylic acids is 1. The van der Waals surface area contributed by atoms with Gasteiger partial charge in [0.15, 0.2) is 5.65 Å². The van der Waals surface area contributed by atoms with Gasteiger partial charge < -0.3 is 5.11 Å². The van der Waals surface area contributed by atoms with Crippen LogP contribution < -0.4 is 0 Å². The second-order valence-electron chi connectivity index (χ2n) is 5.87. The Kier molecular flexibility index (Phi) is 3.80. The Morgan fingerprint density at radius 2 is 2.17 bits per heavy atom. The summed E-state index contributed by atoms with van der Waals surface area (Å²) in [5.74, 6) is -1.33. The van der Waals surface area contributed by atoms with E-state index in [4.69, 9.17) is 11.6 Å². The quantitative estimate of drug-likeness (QED) is 0.901. The number of hydrogen-bond donors (Lipinski definition) is 1. The lowest BCUT2D eigenvalue weighted by molar-refractivity contribution is 0.0689. The van der Waals surface area contributed by atoms with E-state index in [1.165, 1.54) is 12.3 Å². The van der Waals surface area contributed by atoms with Gasteiger partial charge in [-0.25, -0.2) is 22.2 Å². The average molecular weight is 367 g/mol. The minimum atomic E-state index is -4.09. The molecular weight excluding hydrogens is 352 g/mol. The van der Waals surface area contributed by atoms with Gasteiger partial charge in [0.2, 0.25) is 0 Å². The molecule has 3 rings (SSSR count). The van der Waals surface area contributed by atoms with Crippen molar-refractivity contribution in [1.29, 1.82) is 0 Å². The summed E-state index contributed by atoms with van der Waals surface area (Å²) in [6.07, 6.45) is 4.79. The smallest absolute Gasteiger partial charge is 0.353 e. The van der Waals surface area contributed by atoms with Crippen molar-refractivity contribution in [3.63, 3.8) is 0 Å². The SMILES string of the molecule is CC1=CC(Cl)=CCC1(C)S(=O)(=O)n1c(C(=O)O)cc2cccnc21. The molecule has 0 aromatic carbocycles. The van der Waals surface area contributed by atoms with E-state index in [-0.39, 0.29) is 17.8 Å². The number of allylic oxidation sites excluding steroid dienone is 3. The molecule has 6 nitrogen and oxygen atoms in total. The minimum absolute atomic E-state index is 0.101. The molecule has 2 heterocycles. The molecule has 8 heteroatoms. The number of fused-ring (bicyclic) bond motifs is 1. The molecule has 1 aliphatic carbocycles. The van der Waals surface area contributed by atoms with Crippen molar-refractivity contribution in [2.75, 3.05) is 0 Å². The lowest BCUT2D eigenvalue weighted by Crippen LogP contribution is -2.42. The minimum Gasteiger partial charge on any atom is -0.477 e. The van der Waals surface area contributed by atoms with Gasteiger partial charge in [-0.3, -0.25) is 0 Å². The topological polar surface area (TPSA) is 89.3 Å². The third-order valence-electron chi connectivity index (χ3n) is 4.42. The van der Waals surface area contributed by atoms with Crippen molar-refractivity contribution >= 4 is 38.6 Å². The lowest BCUT2D eigenvalue weighted by atomic mass is 9.93. The van der Waals surface area contributed by atoms with Crippen molar-refractivity contribution in [2.45, 2.75) is 25.0 Å². The zero-order chi connectivity index (χ0) is 17.7. The van der Waals surface area contributed by atoms with E-state index in [1.807, 2.05) is 0 Å². The van der Waals surface area contributed by atoms with Crippen LogP contribution in [-0.2, 0) is 10.0 Å². The van der Waals surface area contributed by atoms with Crippen LogP contribution in [0.4, 0.5) is 0 Å². The molecule has 1 aliphatic rings. The predicted octanol–water partition coefficient (Wildman–Crippen LogP) is 3.14. The molecule has 24 heavy (non-hydrogen) atoms. The maximum absolute atomic E-state index is 13.4. The van der Waals surface area contributed by atoms with Crippen molar-refractivity contribution in [3.05, 3.63) is 52.8 Å². The summed E-state index contributed by atoms with van der Waals surface area (Å²) in [4.78, 5) is 15.7. The van der Waals surface area contributed by atoms with E-state index in [2.05, 4.69) is 4.98 Å². The van der Waals surface area contributed by atoms with E-state index in [0.29, 0.717) is 16.0 Å². The molecular formula is C16H15ClN2O4S. The molecule has 0 saturated carbocycles. The number of carbonyl (C=O) groups is 1. The van der Waals surface area contributed by atoms with Crippen LogP contribution in [0.1, 0.15) is 30.8 Å². The lowest BCUT2D eigenvalue weighted by Gasteiger charge is -2.32. The van der Waals surface area contributed by atoms with Crippen LogP contribution in [0.15, 0.2) is 47.2 Å². The molecule has 0 bridgehead atoms. The molecule has 0 spiro atoms. The first-order chi connectivity index (χ1) is 11.2. The highest BCUT2D eigenvalue weighted by molar-refractivity contribution is 7.91. The summed E-state index contributed by atoms with van der Waals surface area (Å²) in [5, 5.41) is 10.4. The molecule has 0 aliphatic heterocycles. The number of carboxylic acid groups (broad SMARTS) is 1. The third kappa shape index (κ3) is 2.27. The first kappa shape index (κ1) is 16.7. The Morgan fingerprint density at radius 3 is 2.79 bits per heavy atom. The Labute approximate surface area is 144 Å². The average Bonchev–Trinajstić information content (AvgIpc) is 2.91. The van der Waals surface area contributed by atoms with Gasteiger partial charge in [0, 0.05) is 16.6 Å². The molecule has 1 unspecified atom stereocenters. The van der Waals surface area contributed by atoms with Gasteiger partial charge >= 0.3 is 5.97 Å². The molecule has 1 atom stereocenters. The summed E-state index contributed by atoms with van der Waals surface area (Å²) < 4.78 is 26.3. The Morgan fingerprint density at radius 1 is 1.46 bits per heavy atom. The fraction of sp³-hybridized carbons (Fsp3) is 0.250. The summed E-state index contributed by atoms with van der Waals surface area (Å²) >= 11 is 5.97. The van der Waals surface area contributed by atoms with Gasteiger partial charge in [-0.15, -0.1) is 0 Å². The van der Waals surface area contributed by atoms with Crippen LogP contribution in [-0.4, -0.2) is 33.2 Å². The van der Waals surface area contributed by atoms with E-state index < -0.39 is 20.7 Å². The van der Waals surface area contributed by atoms with Gasteiger partial charge in [-0.05, 0) is 50.1 Å². The highest BCUT2D eigenvalue weighted by Crippen LogP contribution is 2.38. The van der Waals surface area contributed by atoms with Crippen LogP contribution in [0.3, 0.4) is 0 Å². The number of halogens is 1. The second kappa shape index (κ2) is 5.46. The van der Waals surface area contributed by atoms with Crippen LogP contribution in [0.5, 0.6) is 0 Å². The number of hydrogen-bond acceptors (Lipinski definition) is 4. The maximum atomic E-state index is 13.4. The van der Waals surface area contributed by atoms with Crippen LogP contribution >= 0.6 is 11.6 Å². The summed E-state index contributed by atoms with van der Waals surface area (Å²) in [7, 11) is -4.09. The molecule has 0 radical (unpaired) electrons. The van der Waals surface area contributed by atoms with Crippen molar-refractivity contribution < 1.29 is 18.3 Å². The number of aromatic nitrogens is 2. The standard InChI is InChI=1S/C16H15ClN2O4S/c1-10-8-12(17)5-6-16(10,2)24(22,23)19-13(15(20)21)9-11-4-3-7-18-14(11)19/h3-5,7-9H,6H2,1-2H3,(H,20,21). The van der Waals surface area contributed by atoms with E-state index in [9.17, 15) is 18.3 Å². The second-order valence-corrected chi connectivity index (χ2v) is 8.52. The largest absolute Gasteiger partial charge is 0.477 e. The van der Waals surface area contributed by atoms with Crippen LogP contribution in [0.2, 0.25) is 0 Å². The molecule has 1 N–H and O–H groups in total. The fourth-order valence-corrected chi connectivity index (χ4v) is 4.96. The van der Waals surface area contributed by atoms with Crippen molar-refractivity contribution in [1.82, 2.24) is 8.96 Å². The highest BCUT2D eigenvalue weighted by atomic mass is 35.5. The summed E-state index contributed by atoms with van der Waals surface area (Å²) in [6, 6.07) is 4.57. The van der Waals surface area contributed by atoms with Crippen LogP contribution in [0.25, 0.3) is 11.0 Å². The van der Waals surface area contributed by atoms with Gasteiger partial charge in [0.1, 0.15) is 10.4 Å². The van der Waals surface area contributed by atoms with E-state index in [0.717, 1.165) is 3.97 Å². The van der Waals surface area contributed by atoms with Crippen LogP contribution in [0, 0.1) is 0 Å². The van der Waals surface area contributed by atoms with Gasteiger partial charge in [-0.2, -0.15) is 0 Å². The maximum Gasteiger partial charge on any atom is 0.353 e. The number of rotatable bonds is 3. The highest BCUT2D eigenvalue weighted by Gasteiger charge is 2.45. The normalized spacial score (nSPS) is 21.5. The molecule has 2 aromatic rings. The van der Waals surface area contributed by atoms with Crippen molar-refractivity contribution in [3.8, 4) is 0 Å². The Balaban J connectivity index is 2.33. The molecule has 0 fully saturated rings. The molecule has 0 saturated heterocycles. The van der Waals surface area contributed by atoms with Gasteiger partial charge in [-0.1, -0.05) is 17.7 Å². The van der Waals surface area contributed by atoms with E-state index >= 15 is 0 Å². The summed E-state index contributed by atoms with van der Waals surface area (Å²) in [5.41, 5.74) is 0.312.